The molecule has 0 unspecified atom stereocenters. The van der Waals surface area contributed by atoms with E-state index in [9.17, 15) is 14.9 Å². The fourth-order valence-corrected chi connectivity index (χ4v) is 4.29. The zero-order valence-electron chi connectivity index (χ0n) is 21.1. The van der Waals surface area contributed by atoms with Gasteiger partial charge in [-0.3, -0.25) is 14.9 Å². The van der Waals surface area contributed by atoms with Gasteiger partial charge >= 0.3 is 5.69 Å². The number of hydrogen-bond acceptors (Lipinski definition) is 7. The summed E-state index contributed by atoms with van der Waals surface area (Å²) in [4.78, 5) is 23.5. The first-order valence-electron chi connectivity index (χ1n) is 11.5. The summed E-state index contributed by atoms with van der Waals surface area (Å²) < 4.78 is 16.6. The largest absolute Gasteiger partial charge is 0.486 e. The van der Waals surface area contributed by atoms with Crippen LogP contribution in [0.5, 0.6) is 17.2 Å². The standard InChI is InChI=1S/C26H33N3O6/c1-17(18-7-9-22-23(13-18)34-12-11-33-22)27-28-24(30)15-35-21-10-8-19(14-20(21)29(31)32)26(5,6)16-25(2,3)4/h7-10,13-14H,11-12,15-16H2,1-6H3,(H,28,30)/b27-17+. The maximum Gasteiger partial charge on any atom is 0.311 e. The Balaban J connectivity index is 1.65. The van der Waals surface area contributed by atoms with E-state index in [1.165, 1.54) is 6.07 Å². The lowest BCUT2D eigenvalue weighted by Gasteiger charge is -2.33. The van der Waals surface area contributed by atoms with Crippen LogP contribution < -0.4 is 19.6 Å². The molecule has 188 valence electrons. The van der Waals surface area contributed by atoms with Crippen LogP contribution in [0.4, 0.5) is 5.69 Å². The molecule has 0 saturated heterocycles. The molecule has 1 aliphatic rings. The van der Waals surface area contributed by atoms with Crippen molar-refractivity contribution in [3.63, 3.8) is 0 Å². The number of nitrogens with zero attached hydrogens (tertiary/aromatic N) is 2. The average Bonchev–Trinajstić information content (AvgIpc) is 2.79. The Labute approximate surface area is 205 Å². The molecule has 1 amide bonds. The van der Waals surface area contributed by atoms with Gasteiger partial charge in [0, 0.05) is 11.6 Å². The van der Waals surface area contributed by atoms with Crippen molar-refractivity contribution in [1.82, 2.24) is 5.43 Å². The zero-order valence-corrected chi connectivity index (χ0v) is 21.1. The molecular weight excluding hydrogens is 450 g/mol. The summed E-state index contributed by atoms with van der Waals surface area (Å²) in [6.45, 7) is 12.8. The number of benzene rings is 2. The minimum Gasteiger partial charge on any atom is -0.486 e. The molecule has 0 atom stereocenters. The molecule has 35 heavy (non-hydrogen) atoms. The normalized spacial score (nSPS) is 13.8. The van der Waals surface area contributed by atoms with E-state index in [-0.39, 0.29) is 22.3 Å². The van der Waals surface area contributed by atoms with Crippen molar-refractivity contribution in [2.45, 2.75) is 53.4 Å². The van der Waals surface area contributed by atoms with Crippen LogP contribution in [-0.4, -0.2) is 36.4 Å². The van der Waals surface area contributed by atoms with Crippen LogP contribution in [0.1, 0.15) is 59.1 Å². The highest BCUT2D eigenvalue weighted by atomic mass is 16.6. The molecular formula is C26H33N3O6. The molecule has 1 heterocycles. The second-order valence-corrected chi connectivity index (χ2v) is 10.4. The molecule has 1 aliphatic heterocycles. The van der Waals surface area contributed by atoms with E-state index in [4.69, 9.17) is 14.2 Å². The maximum absolute atomic E-state index is 12.3. The number of carbonyl (C=O) groups is 1. The van der Waals surface area contributed by atoms with Crippen LogP contribution in [0.3, 0.4) is 0 Å². The molecule has 3 rings (SSSR count). The summed E-state index contributed by atoms with van der Waals surface area (Å²) in [6.07, 6.45) is 0.848. The highest BCUT2D eigenvalue weighted by molar-refractivity contribution is 5.99. The SMILES string of the molecule is C/C(=N\NC(=O)COc1ccc(C(C)(C)CC(C)(C)C)cc1[N+](=O)[O-])c1ccc2c(c1)OCCO2. The quantitative estimate of drug-likeness (QED) is 0.321. The Morgan fingerprint density at radius 1 is 1.09 bits per heavy atom. The van der Waals surface area contributed by atoms with Crippen LogP contribution in [0.25, 0.3) is 0 Å². The number of nitro groups is 1. The third kappa shape index (κ3) is 6.94. The topological polar surface area (TPSA) is 112 Å². The maximum atomic E-state index is 12.3. The van der Waals surface area contributed by atoms with Crippen molar-refractivity contribution in [2.24, 2.45) is 10.5 Å². The van der Waals surface area contributed by atoms with Gasteiger partial charge in [0.2, 0.25) is 0 Å². The summed E-state index contributed by atoms with van der Waals surface area (Å²) in [5, 5.41) is 15.8. The second kappa shape index (κ2) is 10.3. The third-order valence-corrected chi connectivity index (χ3v) is 5.58. The van der Waals surface area contributed by atoms with Crippen LogP contribution in [-0.2, 0) is 10.2 Å². The molecule has 0 fully saturated rings. The Bertz CT molecular complexity index is 1130. The minimum absolute atomic E-state index is 0.0352. The molecule has 0 radical (unpaired) electrons. The first-order chi connectivity index (χ1) is 16.4. The van der Waals surface area contributed by atoms with E-state index in [2.05, 4.69) is 45.1 Å². The average molecular weight is 484 g/mol. The molecule has 9 heteroatoms. The van der Waals surface area contributed by atoms with Gasteiger partial charge in [-0.1, -0.05) is 40.7 Å². The van der Waals surface area contributed by atoms with E-state index in [1.54, 1.807) is 25.1 Å². The molecule has 0 aromatic heterocycles. The van der Waals surface area contributed by atoms with Gasteiger partial charge in [0.05, 0.1) is 10.6 Å². The molecule has 0 saturated carbocycles. The van der Waals surface area contributed by atoms with Crippen LogP contribution >= 0.6 is 0 Å². The number of carbonyl (C=O) groups excluding carboxylic acids is 1. The number of amides is 1. The second-order valence-electron chi connectivity index (χ2n) is 10.4. The Morgan fingerprint density at radius 2 is 1.77 bits per heavy atom. The van der Waals surface area contributed by atoms with Crippen molar-refractivity contribution in [3.8, 4) is 17.2 Å². The van der Waals surface area contributed by atoms with Gasteiger partial charge in [-0.2, -0.15) is 5.10 Å². The Kier molecular flexibility index (Phi) is 7.67. The summed E-state index contributed by atoms with van der Waals surface area (Å²) in [5.74, 6) is 0.792. The van der Waals surface area contributed by atoms with Crippen molar-refractivity contribution in [3.05, 3.63) is 57.6 Å². The van der Waals surface area contributed by atoms with Gasteiger partial charge in [-0.05, 0) is 54.0 Å². The van der Waals surface area contributed by atoms with Gasteiger partial charge in [0.1, 0.15) is 13.2 Å². The van der Waals surface area contributed by atoms with Crippen LogP contribution in [0.15, 0.2) is 41.5 Å². The summed E-state index contributed by atoms with van der Waals surface area (Å²) in [5.41, 5.74) is 4.21. The van der Waals surface area contributed by atoms with E-state index in [0.29, 0.717) is 30.4 Å². The number of nitro benzene ring substituents is 1. The third-order valence-electron chi connectivity index (χ3n) is 5.58. The summed E-state index contributed by atoms with van der Waals surface area (Å²) in [7, 11) is 0. The molecule has 0 bridgehead atoms. The van der Waals surface area contributed by atoms with E-state index in [1.807, 2.05) is 12.1 Å². The van der Waals surface area contributed by atoms with E-state index < -0.39 is 17.4 Å². The highest BCUT2D eigenvalue weighted by Crippen LogP contribution is 2.39. The number of hydrazone groups is 1. The van der Waals surface area contributed by atoms with Gasteiger partial charge < -0.3 is 14.2 Å². The molecule has 9 nitrogen and oxygen atoms in total. The van der Waals surface area contributed by atoms with E-state index >= 15 is 0 Å². The predicted octanol–water partition coefficient (Wildman–Crippen LogP) is 5.00. The van der Waals surface area contributed by atoms with Gasteiger partial charge in [-0.15, -0.1) is 0 Å². The lowest BCUT2D eigenvalue weighted by molar-refractivity contribution is -0.385. The summed E-state index contributed by atoms with van der Waals surface area (Å²) in [6, 6.07) is 10.3. The number of fused-ring (bicyclic) bond motifs is 1. The monoisotopic (exact) mass is 483 g/mol. The number of nitrogens with one attached hydrogen (secondary N) is 1. The smallest absolute Gasteiger partial charge is 0.311 e. The van der Waals surface area contributed by atoms with Gasteiger partial charge in [0.25, 0.3) is 5.91 Å². The van der Waals surface area contributed by atoms with Gasteiger partial charge in [0.15, 0.2) is 23.9 Å². The van der Waals surface area contributed by atoms with Crippen molar-refractivity contribution in [1.29, 1.82) is 0 Å². The highest BCUT2D eigenvalue weighted by Gasteiger charge is 2.30. The van der Waals surface area contributed by atoms with Crippen LogP contribution in [0.2, 0.25) is 0 Å². The van der Waals surface area contributed by atoms with Crippen molar-refractivity contribution in [2.75, 3.05) is 19.8 Å². The Hall–Kier alpha value is -3.62. The fourth-order valence-electron chi connectivity index (χ4n) is 4.29. The zero-order chi connectivity index (χ0) is 25.8. The predicted molar refractivity (Wildman–Crippen MR) is 133 cm³/mol. The number of rotatable bonds is 8. The lowest BCUT2D eigenvalue weighted by atomic mass is 9.72. The molecule has 1 N–H and O–H groups in total. The molecule has 0 spiro atoms. The number of hydrogen-bond donors (Lipinski definition) is 1. The fraction of sp³-hybridized carbons (Fsp3) is 0.462. The first-order valence-corrected chi connectivity index (χ1v) is 11.5. The van der Waals surface area contributed by atoms with E-state index in [0.717, 1.165) is 17.5 Å². The van der Waals surface area contributed by atoms with Crippen molar-refractivity contribution >= 4 is 17.3 Å². The Morgan fingerprint density at radius 3 is 2.43 bits per heavy atom. The summed E-state index contributed by atoms with van der Waals surface area (Å²) >= 11 is 0. The number of ether oxygens (including phenoxy) is 3. The molecule has 0 aliphatic carbocycles. The lowest BCUT2D eigenvalue weighted by Crippen LogP contribution is -2.26. The molecule has 2 aromatic rings. The molecule has 2 aromatic carbocycles. The van der Waals surface area contributed by atoms with Gasteiger partial charge in [-0.25, -0.2) is 5.43 Å². The minimum atomic E-state index is -0.534. The van der Waals surface area contributed by atoms with Crippen molar-refractivity contribution < 1.29 is 23.9 Å². The first kappa shape index (κ1) is 26.0. The van der Waals surface area contributed by atoms with Crippen LogP contribution in [0, 0.1) is 15.5 Å².